The third kappa shape index (κ3) is 2.86. The molecule has 1 amide bonds. The maximum absolute atomic E-state index is 12.9. The van der Waals surface area contributed by atoms with Crippen LogP contribution in [0.5, 0.6) is 0 Å². The SMILES string of the molecule is Cc1ccnc(NC(=O)c2cnc3scc(-c4ccccc4)n3c2=O)n1. The van der Waals surface area contributed by atoms with Crippen molar-refractivity contribution in [2.75, 3.05) is 5.32 Å². The highest BCUT2D eigenvalue weighted by molar-refractivity contribution is 7.15. The number of carbonyl (C=O) groups is 1. The van der Waals surface area contributed by atoms with Crippen LogP contribution >= 0.6 is 11.3 Å². The van der Waals surface area contributed by atoms with E-state index in [0.717, 1.165) is 5.56 Å². The molecular formula is C18H13N5O2S. The van der Waals surface area contributed by atoms with Gasteiger partial charge in [0.15, 0.2) is 4.96 Å². The summed E-state index contributed by atoms with van der Waals surface area (Å²) >= 11 is 1.34. The van der Waals surface area contributed by atoms with Gasteiger partial charge in [-0.3, -0.25) is 19.3 Å². The Morgan fingerprint density at radius 2 is 1.96 bits per heavy atom. The molecule has 4 aromatic rings. The predicted octanol–water partition coefficient (Wildman–Crippen LogP) is 2.77. The molecule has 128 valence electrons. The molecule has 0 saturated carbocycles. The molecule has 1 aromatic carbocycles. The average Bonchev–Trinajstić information content (AvgIpc) is 3.08. The fraction of sp³-hybridized carbons (Fsp3) is 0.0556. The third-order valence-electron chi connectivity index (χ3n) is 3.78. The van der Waals surface area contributed by atoms with Crippen LogP contribution in [0.25, 0.3) is 16.2 Å². The van der Waals surface area contributed by atoms with Gasteiger partial charge >= 0.3 is 0 Å². The van der Waals surface area contributed by atoms with E-state index in [4.69, 9.17) is 0 Å². The molecule has 4 rings (SSSR count). The normalized spacial score (nSPS) is 10.8. The Bertz CT molecular complexity index is 1170. The fourth-order valence-electron chi connectivity index (χ4n) is 2.54. The third-order valence-corrected chi connectivity index (χ3v) is 4.62. The Morgan fingerprint density at radius 1 is 1.15 bits per heavy atom. The molecular weight excluding hydrogens is 350 g/mol. The molecule has 0 fully saturated rings. The lowest BCUT2D eigenvalue weighted by Gasteiger charge is -2.05. The highest BCUT2D eigenvalue weighted by Gasteiger charge is 2.17. The largest absolute Gasteiger partial charge is 0.290 e. The quantitative estimate of drug-likeness (QED) is 0.604. The van der Waals surface area contributed by atoms with E-state index >= 15 is 0 Å². The zero-order valence-corrected chi connectivity index (χ0v) is 14.5. The molecule has 3 aromatic heterocycles. The minimum Gasteiger partial charge on any atom is -0.290 e. The van der Waals surface area contributed by atoms with Crippen LogP contribution in [0.2, 0.25) is 0 Å². The maximum Gasteiger partial charge on any atom is 0.271 e. The maximum atomic E-state index is 12.9. The number of rotatable bonds is 3. The van der Waals surface area contributed by atoms with Gasteiger partial charge in [-0.15, -0.1) is 11.3 Å². The van der Waals surface area contributed by atoms with Gasteiger partial charge in [0.05, 0.1) is 5.69 Å². The van der Waals surface area contributed by atoms with E-state index in [2.05, 4.69) is 20.3 Å². The number of fused-ring (bicyclic) bond motifs is 1. The molecule has 8 heteroatoms. The molecule has 0 unspecified atom stereocenters. The van der Waals surface area contributed by atoms with Crippen molar-refractivity contribution in [3.63, 3.8) is 0 Å². The zero-order valence-electron chi connectivity index (χ0n) is 13.7. The number of hydrogen-bond acceptors (Lipinski definition) is 6. The van der Waals surface area contributed by atoms with Gasteiger partial charge < -0.3 is 0 Å². The second kappa shape index (κ2) is 6.49. The molecule has 0 aliphatic rings. The molecule has 26 heavy (non-hydrogen) atoms. The van der Waals surface area contributed by atoms with Crippen molar-refractivity contribution in [3.8, 4) is 11.3 Å². The van der Waals surface area contributed by atoms with Gasteiger partial charge in [0.2, 0.25) is 5.95 Å². The van der Waals surface area contributed by atoms with Gasteiger partial charge in [-0.05, 0) is 18.6 Å². The summed E-state index contributed by atoms with van der Waals surface area (Å²) in [6.45, 7) is 1.79. The van der Waals surface area contributed by atoms with Crippen LogP contribution in [0.3, 0.4) is 0 Å². The topological polar surface area (TPSA) is 89.3 Å². The molecule has 0 atom stereocenters. The minimum absolute atomic E-state index is 0.0665. The van der Waals surface area contributed by atoms with Crippen LogP contribution in [-0.4, -0.2) is 25.3 Å². The van der Waals surface area contributed by atoms with Crippen molar-refractivity contribution in [1.29, 1.82) is 0 Å². The van der Waals surface area contributed by atoms with Crippen molar-refractivity contribution in [2.45, 2.75) is 6.92 Å². The van der Waals surface area contributed by atoms with E-state index in [1.165, 1.54) is 21.9 Å². The first-order valence-corrected chi connectivity index (χ1v) is 8.67. The number of anilines is 1. The minimum atomic E-state index is -0.590. The molecule has 1 N–H and O–H groups in total. The van der Waals surface area contributed by atoms with E-state index < -0.39 is 11.5 Å². The number of thiazole rings is 1. The van der Waals surface area contributed by atoms with Crippen LogP contribution in [0, 0.1) is 6.92 Å². The molecule has 0 spiro atoms. The number of carbonyl (C=O) groups excluding carboxylic acids is 1. The number of benzene rings is 1. The molecule has 7 nitrogen and oxygen atoms in total. The lowest BCUT2D eigenvalue weighted by molar-refractivity contribution is 0.102. The number of amides is 1. The van der Waals surface area contributed by atoms with Gasteiger partial charge in [0, 0.05) is 23.5 Å². The highest BCUT2D eigenvalue weighted by atomic mass is 32.1. The molecule has 0 aliphatic carbocycles. The Kier molecular flexibility index (Phi) is 4.02. The second-order valence-electron chi connectivity index (χ2n) is 5.56. The summed E-state index contributed by atoms with van der Waals surface area (Å²) in [5.41, 5.74) is 1.79. The number of aromatic nitrogens is 4. The van der Waals surface area contributed by atoms with E-state index in [-0.39, 0.29) is 11.5 Å². The number of hydrogen-bond donors (Lipinski definition) is 1. The Morgan fingerprint density at radius 3 is 2.73 bits per heavy atom. The highest BCUT2D eigenvalue weighted by Crippen LogP contribution is 2.23. The van der Waals surface area contributed by atoms with Gasteiger partial charge in [0.1, 0.15) is 5.56 Å². The van der Waals surface area contributed by atoms with Gasteiger partial charge in [-0.2, -0.15) is 0 Å². The summed E-state index contributed by atoms with van der Waals surface area (Å²) < 4.78 is 1.45. The van der Waals surface area contributed by atoms with Crippen LogP contribution in [0.1, 0.15) is 16.1 Å². The van der Waals surface area contributed by atoms with Crippen LogP contribution in [-0.2, 0) is 0 Å². The van der Waals surface area contributed by atoms with E-state index in [1.54, 1.807) is 19.2 Å². The van der Waals surface area contributed by atoms with Crippen molar-refractivity contribution in [3.05, 3.63) is 75.8 Å². The van der Waals surface area contributed by atoms with Crippen LogP contribution in [0.15, 0.2) is 59.0 Å². The summed E-state index contributed by atoms with van der Waals surface area (Å²) in [5.74, 6) is -0.444. The molecule has 3 heterocycles. The molecule has 0 aliphatic heterocycles. The first-order valence-electron chi connectivity index (χ1n) is 7.79. The Hall–Kier alpha value is -3.39. The standard InChI is InChI=1S/C18H13N5O2S/c1-11-7-8-19-17(21-11)22-15(24)13-9-20-18-23(16(13)25)14(10-26-18)12-5-3-2-4-6-12/h2-10H,1H3,(H,19,21,22,24). The van der Waals surface area contributed by atoms with Crippen molar-refractivity contribution >= 4 is 28.2 Å². The first-order chi connectivity index (χ1) is 12.6. The van der Waals surface area contributed by atoms with Gasteiger partial charge in [-0.25, -0.2) is 15.0 Å². The number of nitrogens with zero attached hydrogens (tertiary/aromatic N) is 4. The summed E-state index contributed by atoms with van der Waals surface area (Å²) in [6, 6.07) is 11.2. The predicted molar refractivity (Wildman–Crippen MR) is 99.5 cm³/mol. The summed E-state index contributed by atoms with van der Waals surface area (Å²) in [5, 5.41) is 4.40. The molecule has 0 saturated heterocycles. The molecule has 0 radical (unpaired) electrons. The van der Waals surface area contributed by atoms with E-state index in [9.17, 15) is 9.59 Å². The smallest absolute Gasteiger partial charge is 0.271 e. The second-order valence-corrected chi connectivity index (χ2v) is 6.39. The monoisotopic (exact) mass is 363 g/mol. The summed E-state index contributed by atoms with van der Waals surface area (Å²) in [7, 11) is 0. The van der Waals surface area contributed by atoms with Crippen molar-refractivity contribution < 1.29 is 4.79 Å². The van der Waals surface area contributed by atoms with Gasteiger partial charge in [-0.1, -0.05) is 30.3 Å². The Balaban J connectivity index is 1.78. The lowest BCUT2D eigenvalue weighted by Crippen LogP contribution is -2.27. The zero-order chi connectivity index (χ0) is 18.1. The first kappa shape index (κ1) is 16.1. The van der Waals surface area contributed by atoms with Crippen LogP contribution < -0.4 is 10.9 Å². The van der Waals surface area contributed by atoms with Crippen molar-refractivity contribution in [2.24, 2.45) is 0 Å². The summed E-state index contributed by atoms with van der Waals surface area (Å²) in [6.07, 6.45) is 2.83. The van der Waals surface area contributed by atoms with Gasteiger partial charge in [0.25, 0.3) is 11.5 Å². The van der Waals surface area contributed by atoms with E-state index in [0.29, 0.717) is 16.3 Å². The van der Waals surface area contributed by atoms with E-state index in [1.807, 2.05) is 35.7 Å². The number of nitrogens with one attached hydrogen (secondary N) is 1. The Labute approximate surface area is 152 Å². The molecule has 0 bridgehead atoms. The number of aryl methyl sites for hydroxylation is 1. The van der Waals surface area contributed by atoms with Crippen molar-refractivity contribution in [1.82, 2.24) is 19.4 Å². The van der Waals surface area contributed by atoms with Crippen LogP contribution in [0.4, 0.5) is 5.95 Å². The lowest BCUT2D eigenvalue weighted by atomic mass is 10.2. The fourth-order valence-corrected chi connectivity index (χ4v) is 3.40. The summed E-state index contributed by atoms with van der Waals surface area (Å²) in [4.78, 5) is 38.3. The average molecular weight is 363 g/mol.